The first-order valence-electron chi connectivity index (χ1n) is 3.09. The summed E-state index contributed by atoms with van der Waals surface area (Å²) < 4.78 is 0. The highest BCUT2D eigenvalue weighted by molar-refractivity contribution is 6.17. The number of rotatable bonds is 3. The summed E-state index contributed by atoms with van der Waals surface area (Å²) >= 11 is 5.41. The Morgan fingerprint density at radius 3 is 2.67 bits per heavy atom. The topological polar surface area (TPSA) is 20.2 Å². The maximum Gasteiger partial charge on any atom is 0.0758 e. The van der Waals surface area contributed by atoms with Crippen LogP contribution in [0.15, 0.2) is 11.6 Å². The molecule has 0 aromatic carbocycles. The van der Waals surface area contributed by atoms with Crippen molar-refractivity contribution in [2.24, 2.45) is 0 Å². The van der Waals surface area contributed by atoms with Crippen molar-refractivity contribution in [3.63, 3.8) is 0 Å². The van der Waals surface area contributed by atoms with Crippen LogP contribution in [0.2, 0.25) is 0 Å². The second-order valence-corrected chi connectivity index (χ2v) is 2.40. The van der Waals surface area contributed by atoms with E-state index in [1.807, 2.05) is 19.9 Å². The number of halogens is 1. The molecule has 1 atom stereocenters. The minimum absolute atomic E-state index is 0.340. The number of allylic oxidation sites excluding steroid dienone is 1. The lowest BCUT2D eigenvalue weighted by molar-refractivity contribution is 0.207. The van der Waals surface area contributed by atoms with E-state index in [0.717, 1.165) is 5.57 Å². The molecule has 0 aliphatic rings. The van der Waals surface area contributed by atoms with Crippen molar-refractivity contribution in [1.29, 1.82) is 0 Å². The van der Waals surface area contributed by atoms with E-state index in [2.05, 4.69) is 0 Å². The molecule has 0 spiro atoms. The third kappa shape index (κ3) is 3.55. The van der Waals surface area contributed by atoms with E-state index in [-0.39, 0.29) is 6.10 Å². The van der Waals surface area contributed by atoms with Crippen LogP contribution < -0.4 is 0 Å². The Hall–Kier alpha value is -0.0100. The zero-order valence-electron chi connectivity index (χ0n) is 5.89. The average molecular weight is 149 g/mol. The Morgan fingerprint density at radius 2 is 2.33 bits per heavy atom. The monoisotopic (exact) mass is 148 g/mol. The van der Waals surface area contributed by atoms with Gasteiger partial charge in [0.05, 0.1) is 6.10 Å². The van der Waals surface area contributed by atoms with Crippen molar-refractivity contribution in [1.82, 2.24) is 0 Å². The van der Waals surface area contributed by atoms with Crippen LogP contribution in [0, 0.1) is 0 Å². The van der Waals surface area contributed by atoms with Gasteiger partial charge in [-0.15, -0.1) is 11.6 Å². The highest BCUT2D eigenvalue weighted by Gasteiger charge is 2.02. The van der Waals surface area contributed by atoms with Gasteiger partial charge in [-0.1, -0.05) is 6.08 Å². The fraction of sp³-hybridized carbons (Fsp3) is 0.714. The van der Waals surface area contributed by atoms with Gasteiger partial charge in [-0.2, -0.15) is 0 Å². The first kappa shape index (κ1) is 8.99. The largest absolute Gasteiger partial charge is 0.389 e. The van der Waals surface area contributed by atoms with Crippen LogP contribution in [-0.2, 0) is 0 Å². The number of alkyl halides is 1. The van der Waals surface area contributed by atoms with Gasteiger partial charge in [0, 0.05) is 5.88 Å². The number of aliphatic hydroxyl groups excluding tert-OH is 1. The molecule has 54 valence electrons. The van der Waals surface area contributed by atoms with Crippen LogP contribution in [0.1, 0.15) is 20.3 Å². The SMILES string of the molecule is CC=C(C)C(O)CCCl. The standard InChI is InChI=1S/C7H13ClO/c1-3-6(2)7(9)4-5-8/h3,7,9H,4-5H2,1-2H3. The van der Waals surface area contributed by atoms with Gasteiger partial charge in [0.2, 0.25) is 0 Å². The predicted octanol–water partition coefficient (Wildman–Crippen LogP) is 1.94. The van der Waals surface area contributed by atoms with Gasteiger partial charge in [0.15, 0.2) is 0 Å². The van der Waals surface area contributed by atoms with Gasteiger partial charge in [0.1, 0.15) is 0 Å². The van der Waals surface area contributed by atoms with Gasteiger partial charge in [-0.3, -0.25) is 0 Å². The molecule has 0 aliphatic heterocycles. The molecule has 0 heterocycles. The van der Waals surface area contributed by atoms with E-state index in [9.17, 15) is 0 Å². The van der Waals surface area contributed by atoms with Gasteiger partial charge in [0.25, 0.3) is 0 Å². The Kier molecular flexibility index (Phi) is 4.83. The normalized spacial score (nSPS) is 15.8. The van der Waals surface area contributed by atoms with E-state index >= 15 is 0 Å². The van der Waals surface area contributed by atoms with E-state index in [0.29, 0.717) is 12.3 Å². The molecule has 0 rings (SSSR count). The molecule has 1 nitrogen and oxygen atoms in total. The minimum atomic E-state index is -0.340. The Morgan fingerprint density at radius 1 is 1.78 bits per heavy atom. The smallest absolute Gasteiger partial charge is 0.0758 e. The summed E-state index contributed by atoms with van der Waals surface area (Å²) in [5.74, 6) is 0.520. The van der Waals surface area contributed by atoms with Gasteiger partial charge >= 0.3 is 0 Å². The van der Waals surface area contributed by atoms with E-state index in [4.69, 9.17) is 16.7 Å². The quantitative estimate of drug-likeness (QED) is 0.479. The Labute approximate surface area is 61.3 Å². The molecule has 0 fully saturated rings. The molecule has 2 heteroatoms. The lowest BCUT2D eigenvalue weighted by Crippen LogP contribution is -2.07. The molecule has 0 saturated carbocycles. The molecule has 0 bridgehead atoms. The molecular formula is C7H13ClO. The van der Waals surface area contributed by atoms with Crippen LogP contribution in [0.3, 0.4) is 0 Å². The van der Waals surface area contributed by atoms with E-state index in [1.54, 1.807) is 0 Å². The maximum absolute atomic E-state index is 9.16. The van der Waals surface area contributed by atoms with Gasteiger partial charge < -0.3 is 5.11 Å². The van der Waals surface area contributed by atoms with Gasteiger partial charge in [-0.05, 0) is 25.8 Å². The zero-order valence-corrected chi connectivity index (χ0v) is 6.65. The van der Waals surface area contributed by atoms with Crippen LogP contribution in [0.5, 0.6) is 0 Å². The number of aliphatic hydroxyl groups is 1. The molecule has 9 heavy (non-hydrogen) atoms. The van der Waals surface area contributed by atoms with Crippen molar-refractivity contribution < 1.29 is 5.11 Å². The summed E-state index contributed by atoms with van der Waals surface area (Å²) in [6.45, 7) is 3.81. The van der Waals surface area contributed by atoms with Crippen molar-refractivity contribution in [3.05, 3.63) is 11.6 Å². The van der Waals surface area contributed by atoms with Crippen LogP contribution in [0.25, 0.3) is 0 Å². The Balaban J connectivity index is 3.59. The molecule has 0 aliphatic carbocycles. The molecule has 0 amide bonds. The fourth-order valence-corrected chi connectivity index (χ4v) is 0.730. The minimum Gasteiger partial charge on any atom is -0.389 e. The lowest BCUT2D eigenvalue weighted by Gasteiger charge is -2.07. The van der Waals surface area contributed by atoms with Crippen molar-refractivity contribution >= 4 is 11.6 Å². The summed E-state index contributed by atoms with van der Waals surface area (Å²) in [4.78, 5) is 0. The van der Waals surface area contributed by atoms with E-state index < -0.39 is 0 Å². The zero-order chi connectivity index (χ0) is 7.28. The van der Waals surface area contributed by atoms with Crippen molar-refractivity contribution in [3.8, 4) is 0 Å². The third-order valence-electron chi connectivity index (χ3n) is 1.36. The van der Waals surface area contributed by atoms with Crippen LogP contribution in [0.4, 0.5) is 0 Å². The molecule has 1 unspecified atom stereocenters. The molecule has 1 N–H and O–H groups in total. The summed E-state index contributed by atoms with van der Waals surface area (Å²) in [5, 5.41) is 9.16. The maximum atomic E-state index is 9.16. The highest BCUT2D eigenvalue weighted by Crippen LogP contribution is 2.05. The highest BCUT2D eigenvalue weighted by atomic mass is 35.5. The van der Waals surface area contributed by atoms with Crippen LogP contribution >= 0.6 is 11.6 Å². The molecule has 0 aromatic rings. The predicted molar refractivity (Wildman–Crippen MR) is 40.8 cm³/mol. The molecule has 0 radical (unpaired) electrons. The molecule has 0 saturated heterocycles. The summed E-state index contributed by atoms with van der Waals surface area (Å²) in [6.07, 6.45) is 2.21. The summed E-state index contributed by atoms with van der Waals surface area (Å²) in [7, 11) is 0. The summed E-state index contributed by atoms with van der Waals surface area (Å²) in [6, 6.07) is 0. The number of hydrogen-bond donors (Lipinski definition) is 1. The van der Waals surface area contributed by atoms with E-state index in [1.165, 1.54) is 0 Å². The Bertz CT molecular complexity index is 99.1. The van der Waals surface area contributed by atoms with Crippen LogP contribution in [-0.4, -0.2) is 17.1 Å². The second kappa shape index (κ2) is 4.83. The van der Waals surface area contributed by atoms with Gasteiger partial charge in [-0.25, -0.2) is 0 Å². The molecular weight excluding hydrogens is 136 g/mol. The van der Waals surface area contributed by atoms with Crippen molar-refractivity contribution in [2.75, 3.05) is 5.88 Å². The average Bonchev–Trinajstić information content (AvgIpc) is 1.87. The molecule has 0 aromatic heterocycles. The first-order valence-corrected chi connectivity index (χ1v) is 3.62. The number of hydrogen-bond acceptors (Lipinski definition) is 1. The lowest BCUT2D eigenvalue weighted by atomic mass is 10.1. The first-order chi connectivity index (χ1) is 4.22. The van der Waals surface area contributed by atoms with Crippen molar-refractivity contribution in [2.45, 2.75) is 26.4 Å². The third-order valence-corrected chi connectivity index (χ3v) is 1.58. The second-order valence-electron chi connectivity index (χ2n) is 2.03. The summed E-state index contributed by atoms with van der Waals surface area (Å²) in [5.41, 5.74) is 0.996. The fourth-order valence-electron chi connectivity index (χ4n) is 0.523.